The number of anilines is 1. The van der Waals surface area contributed by atoms with Crippen LogP contribution in [0.25, 0.3) is 0 Å². The smallest absolute Gasteiger partial charge is 0.328 e. The number of aliphatic hydroxyl groups is 1. The molecule has 2 rings (SSSR count). The normalized spacial score (nSPS) is 24.5. The van der Waals surface area contributed by atoms with Gasteiger partial charge in [0.1, 0.15) is 5.76 Å². The zero-order chi connectivity index (χ0) is 12.6. The molecule has 2 atom stereocenters. The molecule has 6 heteroatoms. The second-order valence-corrected chi connectivity index (χ2v) is 4.06. The Labute approximate surface area is 99.1 Å². The van der Waals surface area contributed by atoms with Crippen LogP contribution in [0.15, 0.2) is 23.2 Å². The maximum atomic E-state index is 12.0. The quantitative estimate of drug-likeness (QED) is 0.800. The fraction of sp³-hybridized carbons (Fsp3) is 0.455. The maximum Gasteiger partial charge on any atom is 0.328 e. The Hall–Kier alpha value is -1.82. The van der Waals surface area contributed by atoms with E-state index in [0.29, 0.717) is 18.0 Å². The third kappa shape index (κ3) is 1.80. The molecule has 0 spiro atoms. The van der Waals surface area contributed by atoms with Gasteiger partial charge in [0.25, 0.3) is 0 Å². The van der Waals surface area contributed by atoms with Crippen molar-refractivity contribution in [2.24, 2.45) is 0 Å². The summed E-state index contributed by atoms with van der Waals surface area (Å²) in [5, 5.41) is 13.9. The molecule has 0 aromatic carbocycles. The van der Waals surface area contributed by atoms with Crippen molar-refractivity contribution in [3.8, 4) is 0 Å². The van der Waals surface area contributed by atoms with Crippen LogP contribution in [-0.4, -0.2) is 40.5 Å². The Morgan fingerprint density at radius 1 is 1.71 bits per heavy atom. The number of hydrogen-bond acceptors (Lipinski definition) is 4. The monoisotopic (exact) mass is 237 g/mol. The highest BCUT2D eigenvalue weighted by Gasteiger charge is 2.44. The standard InChI is InChI=1S/C11H15N3O3/c1-4-5-8-10(15)14(11(16)13(8)3)9-6-7(2)17-12-9/h4,6,8,10,15H,1,5H2,2-3H3. The summed E-state index contributed by atoms with van der Waals surface area (Å²) in [5.74, 6) is 0.924. The number of rotatable bonds is 3. The van der Waals surface area contributed by atoms with Gasteiger partial charge in [-0.15, -0.1) is 6.58 Å². The van der Waals surface area contributed by atoms with E-state index in [-0.39, 0.29) is 12.1 Å². The summed E-state index contributed by atoms with van der Waals surface area (Å²) in [7, 11) is 1.65. The van der Waals surface area contributed by atoms with Crippen LogP contribution < -0.4 is 4.90 Å². The molecule has 0 aliphatic carbocycles. The molecule has 92 valence electrons. The maximum absolute atomic E-state index is 12.0. The zero-order valence-corrected chi connectivity index (χ0v) is 9.83. The number of hydrogen-bond donors (Lipinski definition) is 1. The van der Waals surface area contributed by atoms with Crippen LogP contribution in [0.1, 0.15) is 12.2 Å². The molecular weight excluding hydrogens is 222 g/mol. The molecule has 0 radical (unpaired) electrons. The third-order valence-electron chi connectivity index (χ3n) is 2.88. The summed E-state index contributed by atoms with van der Waals surface area (Å²) < 4.78 is 4.91. The summed E-state index contributed by atoms with van der Waals surface area (Å²) in [4.78, 5) is 14.7. The molecule has 1 aliphatic heterocycles. The number of aromatic nitrogens is 1. The van der Waals surface area contributed by atoms with Crippen LogP contribution in [0, 0.1) is 6.92 Å². The molecule has 0 bridgehead atoms. The minimum atomic E-state index is -0.935. The number of nitrogens with zero attached hydrogens (tertiary/aromatic N) is 3. The van der Waals surface area contributed by atoms with E-state index in [1.54, 1.807) is 26.1 Å². The van der Waals surface area contributed by atoms with Gasteiger partial charge in [0.05, 0.1) is 6.04 Å². The van der Waals surface area contributed by atoms with Crippen molar-refractivity contribution >= 4 is 11.8 Å². The van der Waals surface area contributed by atoms with Crippen LogP contribution >= 0.6 is 0 Å². The molecule has 1 aromatic rings. The lowest BCUT2D eigenvalue weighted by Crippen LogP contribution is -2.36. The van der Waals surface area contributed by atoms with Crippen molar-refractivity contribution in [3.63, 3.8) is 0 Å². The average Bonchev–Trinajstić information content (AvgIpc) is 2.78. The number of aliphatic hydroxyl groups excluding tert-OH is 1. The van der Waals surface area contributed by atoms with Gasteiger partial charge in [-0.1, -0.05) is 11.2 Å². The summed E-state index contributed by atoms with van der Waals surface area (Å²) >= 11 is 0. The van der Waals surface area contributed by atoms with Crippen molar-refractivity contribution in [2.45, 2.75) is 25.6 Å². The Balaban J connectivity index is 2.29. The van der Waals surface area contributed by atoms with E-state index >= 15 is 0 Å². The van der Waals surface area contributed by atoms with E-state index in [4.69, 9.17) is 4.52 Å². The van der Waals surface area contributed by atoms with Gasteiger partial charge >= 0.3 is 6.03 Å². The van der Waals surface area contributed by atoms with Gasteiger partial charge in [0, 0.05) is 13.1 Å². The number of carbonyl (C=O) groups excluding carboxylic acids is 1. The second kappa shape index (κ2) is 4.21. The van der Waals surface area contributed by atoms with Crippen LogP contribution in [0.5, 0.6) is 0 Å². The van der Waals surface area contributed by atoms with E-state index in [9.17, 15) is 9.90 Å². The lowest BCUT2D eigenvalue weighted by Gasteiger charge is -2.19. The summed E-state index contributed by atoms with van der Waals surface area (Å²) in [6.07, 6.45) is 1.27. The fourth-order valence-corrected chi connectivity index (χ4v) is 1.95. The van der Waals surface area contributed by atoms with Gasteiger partial charge in [-0.2, -0.15) is 0 Å². The Morgan fingerprint density at radius 3 is 2.94 bits per heavy atom. The topological polar surface area (TPSA) is 69.8 Å². The van der Waals surface area contributed by atoms with Crippen LogP contribution in [0.2, 0.25) is 0 Å². The number of carbonyl (C=O) groups is 1. The van der Waals surface area contributed by atoms with Gasteiger partial charge < -0.3 is 14.5 Å². The van der Waals surface area contributed by atoms with Crippen molar-refractivity contribution in [2.75, 3.05) is 11.9 Å². The van der Waals surface area contributed by atoms with Crippen molar-refractivity contribution in [1.29, 1.82) is 0 Å². The highest BCUT2D eigenvalue weighted by molar-refractivity contribution is 5.94. The van der Waals surface area contributed by atoms with E-state index in [1.165, 1.54) is 9.80 Å². The Morgan fingerprint density at radius 2 is 2.41 bits per heavy atom. The van der Waals surface area contributed by atoms with Gasteiger partial charge in [-0.05, 0) is 13.3 Å². The van der Waals surface area contributed by atoms with E-state index < -0.39 is 6.23 Å². The SMILES string of the molecule is C=CCC1C(O)N(c2cc(C)on2)C(=O)N1C. The first kappa shape index (κ1) is 11.7. The largest absolute Gasteiger partial charge is 0.371 e. The van der Waals surface area contributed by atoms with Crippen LogP contribution in [0.3, 0.4) is 0 Å². The molecule has 17 heavy (non-hydrogen) atoms. The molecule has 0 saturated carbocycles. The molecule has 1 aliphatic rings. The number of urea groups is 1. The molecule has 1 aromatic heterocycles. The molecular formula is C11H15N3O3. The predicted octanol–water partition coefficient (Wildman–Crippen LogP) is 1.12. The molecule has 6 nitrogen and oxygen atoms in total. The fourth-order valence-electron chi connectivity index (χ4n) is 1.95. The van der Waals surface area contributed by atoms with Crippen molar-refractivity contribution in [1.82, 2.24) is 10.1 Å². The third-order valence-corrected chi connectivity index (χ3v) is 2.88. The molecule has 2 unspecified atom stereocenters. The molecule has 1 fully saturated rings. The molecule has 2 amide bonds. The number of amides is 2. The van der Waals surface area contributed by atoms with E-state index in [1.807, 2.05) is 0 Å². The Kier molecular flexibility index (Phi) is 2.89. The highest BCUT2D eigenvalue weighted by atomic mass is 16.5. The summed E-state index contributed by atoms with van der Waals surface area (Å²) in [6.45, 7) is 5.35. The molecule has 1 N–H and O–H groups in total. The predicted molar refractivity (Wildman–Crippen MR) is 61.5 cm³/mol. The van der Waals surface area contributed by atoms with Crippen LogP contribution in [0.4, 0.5) is 10.6 Å². The average molecular weight is 237 g/mol. The zero-order valence-electron chi connectivity index (χ0n) is 9.83. The minimum absolute atomic E-state index is 0.294. The van der Waals surface area contributed by atoms with Gasteiger partial charge in [0.2, 0.25) is 0 Å². The number of aryl methyl sites for hydroxylation is 1. The Bertz CT molecular complexity index is 443. The summed E-state index contributed by atoms with van der Waals surface area (Å²) in [6, 6.07) is 1.01. The van der Waals surface area contributed by atoms with E-state index in [0.717, 1.165) is 0 Å². The van der Waals surface area contributed by atoms with Gasteiger partial charge in [-0.3, -0.25) is 0 Å². The second-order valence-electron chi connectivity index (χ2n) is 4.06. The first-order valence-electron chi connectivity index (χ1n) is 5.34. The lowest BCUT2D eigenvalue weighted by molar-refractivity contribution is 0.129. The lowest BCUT2D eigenvalue weighted by atomic mass is 10.2. The van der Waals surface area contributed by atoms with Crippen LogP contribution in [-0.2, 0) is 0 Å². The van der Waals surface area contributed by atoms with Crippen molar-refractivity contribution < 1.29 is 14.4 Å². The van der Waals surface area contributed by atoms with E-state index in [2.05, 4.69) is 11.7 Å². The minimum Gasteiger partial charge on any atom is -0.371 e. The van der Waals surface area contributed by atoms with Gasteiger partial charge in [-0.25, -0.2) is 9.69 Å². The first-order valence-corrected chi connectivity index (χ1v) is 5.34. The molecule has 2 heterocycles. The molecule has 1 saturated heterocycles. The van der Waals surface area contributed by atoms with Crippen molar-refractivity contribution in [3.05, 3.63) is 24.5 Å². The summed E-state index contributed by atoms with van der Waals surface area (Å²) in [5.41, 5.74) is 0. The number of likely N-dealkylation sites (N-methyl/N-ethyl adjacent to an activating group) is 1. The first-order chi connectivity index (χ1) is 8.06. The highest BCUT2D eigenvalue weighted by Crippen LogP contribution is 2.28. The van der Waals surface area contributed by atoms with Gasteiger partial charge in [0.15, 0.2) is 12.0 Å².